The highest BCUT2D eigenvalue weighted by Crippen LogP contribution is 2.61. The number of hydrogen-bond donors (Lipinski definition) is 0. The van der Waals surface area contributed by atoms with Crippen LogP contribution in [0.15, 0.2) is 72.8 Å². The summed E-state index contributed by atoms with van der Waals surface area (Å²) in [6.45, 7) is 2.52. The van der Waals surface area contributed by atoms with Crippen molar-refractivity contribution in [2.75, 3.05) is 0 Å². The zero-order chi connectivity index (χ0) is 33.5. The number of Topliss-reactive ketones (excluding diaryl/α,β-unsaturated/α-hetero) is 2. The van der Waals surface area contributed by atoms with Gasteiger partial charge in [0.2, 0.25) is 0 Å². The minimum absolute atomic E-state index is 0.0596. The van der Waals surface area contributed by atoms with Gasteiger partial charge in [-0.1, -0.05) is 55.5 Å². The second-order valence-corrected chi connectivity index (χ2v) is 17.5. The zero-order valence-electron chi connectivity index (χ0n) is 29.1. The van der Waals surface area contributed by atoms with Gasteiger partial charge in [0.15, 0.2) is 11.6 Å². The van der Waals surface area contributed by atoms with Crippen LogP contribution >= 0.6 is 0 Å². The molecule has 0 amide bonds. The molecule has 0 atom stereocenters. The lowest BCUT2D eigenvalue weighted by Gasteiger charge is -2.43. The van der Waals surface area contributed by atoms with E-state index in [9.17, 15) is 9.59 Å². The smallest absolute Gasteiger partial charge is 0.166 e. The van der Waals surface area contributed by atoms with Crippen molar-refractivity contribution in [2.45, 2.75) is 88.4 Å². The molecule has 15 rings (SSSR count). The van der Waals surface area contributed by atoms with Crippen LogP contribution in [0.5, 0.6) is 0 Å². The topological polar surface area (TPSA) is 38.5 Å². The van der Waals surface area contributed by atoms with Crippen LogP contribution in [0.3, 0.4) is 0 Å². The maximum absolute atomic E-state index is 14.2. The molecule has 4 bridgehead atoms. The first-order chi connectivity index (χ1) is 25.0. The summed E-state index contributed by atoms with van der Waals surface area (Å²) in [6, 6.07) is 27.9. The Labute approximate surface area is 297 Å². The molecule has 8 aliphatic rings. The van der Waals surface area contributed by atoms with Crippen LogP contribution < -0.4 is 0 Å². The third-order valence-electron chi connectivity index (χ3n) is 15.0. The van der Waals surface area contributed by atoms with Gasteiger partial charge in [0.1, 0.15) is 0 Å². The van der Waals surface area contributed by atoms with Crippen LogP contribution in [-0.4, -0.2) is 16.0 Å². The maximum atomic E-state index is 14.2. The van der Waals surface area contributed by atoms with Gasteiger partial charge < -0.3 is 4.40 Å². The molecule has 3 heteroatoms. The number of ketones is 2. The molecule has 0 radical (unpaired) electrons. The molecule has 0 spiro atoms. The van der Waals surface area contributed by atoms with Crippen LogP contribution in [0.2, 0.25) is 0 Å². The number of aromatic nitrogens is 1. The number of hydrogen-bond acceptors (Lipinski definition) is 2. The molecular formula is C48H39NO2. The highest BCUT2D eigenvalue weighted by atomic mass is 16.1. The average Bonchev–Trinajstić information content (AvgIpc) is 3.48. The summed E-state index contributed by atoms with van der Waals surface area (Å²) >= 11 is 0. The predicted molar refractivity (Wildman–Crippen MR) is 205 cm³/mol. The van der Waals surface area contributed by atoms with Crippen molar-refractivity contribution >= 4 is 49.7 Å². The summed E-state index contributed by atoms with van der Waals surface area (Å²) < 4.78 is 2.51. The number of carbonyl (C=O) groups excluding carboxylic acids is 2. The van der Waals surface area contributed by atoms with Gasteiger partial charge in [-0.3, -0.25) is 9.59 Å². The minimum atomic E-state index is -0.0596. The summed E-state index contributed by atoms with van der Waals surface area (Å²) in [5.74, 6) is 1.89. The van der Waals surface area contributed by atoms with Gasteiger partial charge in [0.05, 0.1) is 16.6 Å². The SMILES string of the molecule is CC12Cc3ccccc3-c3c1c(c1c4cc5c(cc4n4c6cc7c(cc6c3c14)C1CCC(CC1)C7=O)C(=O)C1CCC5CC1)-c1ccccc1C2. The van der Waals surface area contributed by atoms with Crippen molar-refractivity contribution in [1.29, 1.82) is 0 Å². The van der Waals surface area contributed by atoms with Crippen molar-refractivity contribution in [1.82, 2.24) is 4.40 Å². The fourth-order valence-electron chi connectivity index (χ4n) is 12.8. The third kappa shape index (κ3) is 3.25. The lowest BCUT2D eigenvalue weighted by Crippen LogP contribution is -2.35. The lowest BCUT2D eigenvalue weighted by atomic mass is 9.59. The minimum Gasteiger partial charge on any atom is -0.308 e. The Morgan fingerprint density at radius 1 is 0.549 bits per heavy atom. The average molecular weight is 662 g/mol. The molecule has 51 heavy (non-hydrogen) atoms. The molecule has 0 saturated heterocycles. The number of rotatable bonds is 0. The van der Waals surface area contributed by atoms with E-state index >= 15 is 0 Å². The van der Waals surface area contributed by atoms with Crippen molar-refractivity contribution in [3.63, 3.8) is 0 Å². The van der Waals surface area contributed by atoms with Gasteiger partial charge in [-0.05, 0) is 150 Å². The van der Waals surface area contributed by atoms with Gasteiger partial charge in [-0.2, -0.15) is 0 Å². The molecular weight excluding hydrogens is 623 g/mol. The summed E-state index contributed by atoms with van der Waals surface area (Å²) in [7, 11) is 0. The van der Waals surface area contributed by atoms with Crippen molar-refractivity contribution in [3.05, 3.63) is 112 Å². The highest BCUT2D eigenvalue weighted by Gasteiger charge is 2.45. The van der Waals surface area contributed by atoms with Crippen molar-refractivity contribution in [2.24, 2.45) is 11.8 Å². The van der Waals surface area contributed by atoms with Gasteiger partial charge in [-0.25, -0.2) is 0 Å². The van der Waals surface area contributed by atoms with Gasteiger partial charge in [0, 0.05) is 49.9 Å². The first-order valence-electron chi connectivity index (χ1n) is 19.6. The molecule has 2 aromatic heterocycles. The summed E-state index contributed by atoms with van der Waals surface area (Å²) in [4.78, 5) is 28.5. The first kappa shape index (κ1) is 27.9. The Balaban J connectivity index is 1.31. The largest absolute Gasteiger partial charge is 0.308 e. The molecule has 248 valence electrons. The Morgan fingerprint density at radius 3 is 1.45 bits per heavy atom. The quantitative estimate of drug-likeness (QED) is 0.162. The second kappa shape index (κ2) is 9.17. The van der Waals surface area contributed by atoms with Crippen LogP contribution in [0.25, 0.3) is 60.3 Å². The van der Waals surface area contributed by atoms with Gasteiger partial charge >= 0.3 is 0 Å². The van der Waals surface area contributed by atoms with E-state index in [0.29, 0.717) is 23.4 Å². The summed E-state index contributed by atoms with van der Waals surface area (Å²) in [5, 5.41) is 5.27. The Hall–Kier alpha value is -4.76. The van der Waals surface area contributed by atoms with E-state index < -0.39 is 0 Å². The van der Waals surface area contributed by atoms with Crippen LogP contribution in [0, 0.1) is 11.8 Å². The Bertz CT molecular complexity index is 2600. The van der Waals surface area contributed by atoms with Gasteiger partial charge in [0.25, 0.3) is 0 Å². The van der Waals surface area contributed by atoms with E-state index in [2.05, 4.69) is 84.1 Å². The second-order valence-electron chi connectivity index (χ2n) is 17.5. The fourth-order valence-corrected chi connectivity index (χ4v) is 12.8. The van der Waals surface area contributed by atoms with Crippen molar-refractivity contribution in [3.8, 4) is 22.3 Å². The molecule has 2 saturated carbocycles. The summed E-state index contributed by atoms with van der Waals surface area (Å²) in [5.41, 5.74) is 17.9. The van der Waals surface area contributed by atoms with E-state index in [1.165, 1.54) is 77.1 Å². The predicted octanol–water partition coefficient (Wildman–Crippen LogP) is 11.5. The van der Waals surface area contributed by atoms with Gasteiger partial charge in [-0.15, -0.1) is 0 Å². The standard InChI is InChI=1S/C48H39NO2/c1-48-22-28-6-2-4-8-30(28)40-42-36-18-32-24-10-14-26(15-11-24)46(50)34(32)20-38(36)49-39-21-35-33(25-12-16-27(17-13-25)47(35)51)19-37(39)43(45(42)49)41(44(40)48)31-9-5-3-7-29(31)23-48/h2-9,18-21,24-27H,10-17,22-23H2,1H3. The molecule has 3 nitrogen and oxygen atoms in total. The van der Waals surface area contributed by atoms with Crippen LogP contribution in [0.1, 0.15) is 119 Å². The van der Waals surface area contributed by atoms with E-state index in [1.807, 2.05) is 0 Å². The molecule has 0 aliphatic heterocycles. The number of fused-ring (bicyclic) bond motifs is 16. The normalized spacial score (nSPS) is 27.1. The Morgan fingerprint density at radius 2 is 0.980 bits per heavy atom. The molecule has 2 heterocycles. The lowest BCUT2D eigenvalue weighted by molar-refractivity contribution is 0.0891. The molecule has 0 N–H and O–H groups in total. The first-order valence-corrected chi connectivity index (χ1v) is 19.6. The van der Waals surface area contributed by atoms with Crippen LogP contribution in [0.4, 0.5) is 0 Å². The highest BCUT2D eigenvalue weighted by molar-refractivity contribution is 6.33. The molecule has 7 aromatic rings. The van der Waals surface area contributed by atoms with E-state index in [-0.39, 0.29) is 17.3 Å². The maximum Gasteiger partial charge on any atom is 0.166 e. The van der Waals surface area contributed by atoms with E-state index in [0.717, 1.165) is 86.4 Å². The fraction of sp³-hybridized carbons (Fsp3) is 0.333. The molecule has 0 unspecified atom stereocenters. The molecule has 5 aromatic carbocycles. The zero-order valence-corrected chi connectivity index (χ0v) is 29.1. The van der Waals surface area contributed by atoms with Crippen LogP contribution in [-0.2, 0) is 18.3 Å². The third-order valence-corrected chi connectivity index (χ3v) is 15.0. The molecule has 2 fully saturated rings. The number of carbonyl (C=O) groups is 2. The van der Waals surface area contributed by atoms with E-state index in [1.54, 1.807) is 0 Å². The van der Waals surface area contributed by atoms with Crippen molar-refractivity contribution < 1.29 is 9.59 Å². The Kier molecular flexibility index (Phi) is 5.02. The van der Waals surface area contributed by atoms with E-state index in [4.69, 9.17) is 0 Å². The monoisotopic (exact) mass is 661 g/mol. The summed E-state index contributed by atoms with van der Waals surface area (Å²) in [6.07, 6.45) is 10.5. The number of nitrogens with zero attached hydrogens (tertiary/aromatic N) is 1. The number of benzene rings is 5. The molecule has 8 aliphatic carbocycles.